The number of fused-ring (bicyclic) bond motifs is 1. The zero-order valence-corrected chi connectivity index (χ0v) is 14.6. The minimum atomic E-state index is -4.75. The van der Waals surface area contributed by atoms with Crippen LogP contribution in [0, 0.1) is 0 Å². The highest BCUT2D eigenvalue weighted by Gasteiger charge is 2.47. The summed E-state index contributed by atoms with van der Waals surface area (Å²) in [6, 6.07) is 4.26. The van der Waals surface area contributed by atoms with E-state index < -0.39 is 11.9 Å². The zero-order valence-electron chi connectivity index (χ0n) is 13.8. The Morgan fingerprint density at radius 2 is 2.00 bits per heavy atom. The van der Waals surface area contributed by atoms with Gasteiger partial charge in [-0.1, -0.05) is 17.8 Å². The van der Waals surface area contributed by atoms with Crippen molar-refractivity contribution in [3.63, 3.8) is 0 Å². The first-order valence-corrected chi connectivity index (χ1v) is 9.05. The van der Waals surface area contributed by atoms with Gasteiger partial charge in [0.25, 0.3) is 5.91 Å². The number of hydrazine groups is 1. The molecule has 9 heteroatoms. The Kier molecular flexibility index (Phi) is 4.20. The topological polar surface area (TPSA) is 64.8 Å². The van der Waals surface area contributed by atoms with Crippen molar-refractivity contribution in [1.29, 1.82) is 0 Å². The second kappa shape index (κ2) is 6.17. The van der Waals surface area contributed by atoms with Crippen molar-refractivity contribution >= 4 is 17.7 Å². The fraction of sp³-hybridized carbons (Fsp3) is 0.471. The average molecular weight is 386 g/mol. The number of amides is 1. The van der Waals surface area contributed by atoms with Gasteiger partial charge in [0.05, 0.1) is 10.4 Å². The summed E-state index contributed by atoms with van der Waals surface area (Å²) in [6.07, 6.45) is -2.18. The molecule has 0 aliphatic carbocycles. The number of alkyl halides is 3. The number of nitrogens with zero attached hydrogens (tertiary/aromatic N) is 1. The Morgan fingerprint density at radius 1 is 1.27 bits per heavy atom. The monoisotopic (exact) mass is 386 g/mol. The van der Waals surface area contributed by atoms with Crippen molar-refractivity contribution in [3.05, 3.63) is 34.2 Å². The molecule has 1 saturated heterocycles. The van der Waals surface area contributed by atoms with Gasteiger partial charge in [-0.15, -0.1) is 13.2 Å². The summed E-state index contributed by atoms with van der Waals surface area (Å²) in [7, 11) is 0. The van der Waals surface area contributed by atoms with Crippen LogP contribution in [-0.2, 0) is 16.0 Å². The Balaban J connectivity index is 1.63. The van der Waals surface area contributed by atoms with E-state index in [1.54, 1.807) is 6.07 Å². The van der Waals surface area contributed by atoms with Gasteiger partial charge < -0.3 is 9.47 Å². The van der Waals surface area contributed by atoms with Gasteiger partial charge in [-0.25, -0.2) is 5.84 Å². The van der Waals surface area contributed by atoms with E-state index in [-0.39, 0.29) is 11.7 Å². The number of ether oxygens (including phenoxy) is 2. The Hall–Kier alpha value is -1.71. The first-order chi connectivity index (χ1) is 12.3. The summed E-state index contributed by atoms with van der Waals surface area (Å²) in [5.74, 6) is 5.57. The van der Waals surface area contributed by atoms with Gasteiger partial charge in [0.1, 0.15) is 5.75 Å². The molecule has 1 fully saturated rings. The second-order valence-corrected chi connectivity index (χ2v) is 7.77. The highest BCUT2D eigenvalue weighted by Crippen LogP contribution is 2.48. The molecule has 3 heterocycles. The van der Waals surface area contributed by atoms with Crippen LogP contribution in [0.15, 0.2) is 33.6 Å². The molecule has 4 rings (SSSR count). The average Bonchev–Trinajstić information content (AvgIpc) is 2.58. The molecule has 3 aliphatic rings. The summed E-state index contributed by atoms with van der Waals surface area (Å²) >= 11 is 1.17. The lowest BCUT2D eigenvalue weighted by molar-refractivity contribution is -0.274. The van der Waals surface area contributed by atoms with Crippen molar-refractivity contribution in [1.82, 2.24) is 5.01 Å². The first kappa shape index (κ1) is 17.7. The summed E-state index contributed by atoms with van der Waals surface area (Å²) in [6.45, 7) is 1.12. The van der Waals surface area contributed by atoms with Gasteiger partial charge in [0.15, 0.2) is 0 Å². The standard InChI is InChI=1S/C17H17F3N2O3S/c18-17(19,20)25-12-2-1-10-7-11-9-16(3-5-24-6-4-16)22(21)15(23)14(11)26-13(10)8-12/h1-2,8H,3-7,9,21H2. The summed E-state index contributed by atoms with van der Waals surface area (Å²) in [5.41, 5.74) is 1.47. The minimum Gasteiger partial charge on any atom is -0.406 e. The number of carbonyl (C=O) groups is 1. The minimum absolute atomic E-state index is 0.272. The lowest BCUT2D eigenvalue weighted by Gasteiger charge is -2.48. The molecule has 5 nitrogen and oxygen atoms in total. The molecule has 2 N–H and O–H groups in total. The molecule has 3 aliphatic heterocycles. The highest BCUT2D eigenvalue weighted by molar-refractivity contribution is 8.04. The summed E-state index contributed by atoms with van der Waals surface area (Å²) in [5, 5.41) is 1.31. The number of carbonyl (C=O) groups excluding carboxylic acids is 1. The number of thioether (sulfide) groups is 1. The Labute approximate surface area is 152 Å². The molecule has 0 bridgehead atoms. The molecular formula is C17H17F3N2O3S. The summed E-state index contributed by atoms with van der Waals surface area (Å²) < 4.78 is 46.7. The van der Waals surface area contributed by atoms with Crippen LogP contribution < -0.4 is 10.6 Å². The lowest BCUT2D eigenvalue weighted by atomic mass is 9.78. The van der Waals surface area contributed by atoms with Crippen LogP contribution in [0.25, 0.3) is 0 Å². The van der Waals surface area contributed by atoms with Gasteiger partial charge >= 0.3 is 6.36 Å². The fourth-order valence-corrected chi connectivity index (χ4v) is 4.92. The molecule has 0 saturated carbocycles. The van der Waals surface area contributed by atoms with E-state index in [0.29, 0.717) is 48.7 Å². The largest absolute Gasteiger partial charge is 0.573 e. The quantitative estimate of drug-likeness (QED) is 0.593. The molecule has 1 aromatic rings. The number of hydrogen-bond acceptors (Lipinski definition) is 5. The Bertz CT molecular complexity index is 788. The van der Waals surface area contributed by atoms with Crippen molar-refractivity contribution in [2.75, 3.05) is 13.2 Å². The fourth-order valence-electron chi connectivity index (χ4n) is 3.78. The van der Waals surface area contributed by atoms with E-state index in [2.05, 4.69) is 4.74 Å². The molecule has 140 valence electrons. The number of halogens is 3. The van der Waals surface area contributed by atoms with E-state index in [1.807, 2.05) is 0 Å². The Morgan fingerprint density at radius 3 is 2.69 bits per heavy atom. The van der Waals surface area contributed by atoms with Crippen molar-refractivity contribution in [2.45, 2.75) is 42.5 Å². The maximum Gasteiger partial charge on any atom is 0.573 e. The van der Waals surface area contributed by atoms with Crippen molar-refractivity contribution in [3.8, 4) is 5.75 Å². The van der Waals surface area contributed by atoms with Gasteiger partial charge in [0, 0.05) is 18.1 Å². The molecule has 1 aromatic carbocycles. The van der Waals surface area contributed by atoms with Crippen LogP contribution in [-0.4, -0.2) is 36.0 Å². The van der Waals surface area contributed by atoms with Crippen LogP contribution in [0.3, 0.4) is 0 Å². The highest BCUT2D eigenvalue weighted by atomic mass is 32.2. The normalized spacial score (nSPS) is 22.3. The van der Waals surface area contributed by atoms with Gasteiger partial charge in [-0.3, -0.25) is 9.80 Å². The molecule has 1 spiro atoms. The van der Waals surface area contributed by atoms with Crippen molar-refractivity contribution in [2.24, 2.45) is 5.84 Å². The molecular weight excluding hydrogens is 369 g/mol. The maximum absolute atomic E-state index is 12.8. The molecule has 26 heavy (non-hydrogen) atoms. The van der Waals surface area contributed by atoms with Crippen LogP contribution in [0.1, 0.15) is 24.8 Å². The maximum atomic E-state index is 12.8. The van der Waals surface area contributed by atoms with E-state index in [0.717, 1.165) is 11.1 Å². The third-order valence-electron chi connectivity index (χ3n) is 5.10. The van der Waals surface area contributed by atoms with Crippen LogP contribution in [0.4, 0.5) is 13.2 Å². The molecule has 1 amide bonds. The number of hydrogen-bond donors (Lipinski definition) is 1. The van der Waals surface area contributed by atoms with E-state index in [1.165, 1.54) is 28.9 Å². The smallest absolute Gasteiger partial charge is 0.406 e. The van der Waals surface area contributed by atoms with Gasteiger partial charge in [-0.2, -0.15) is 0 Å². The predicted molar refractivity (Wildman–Crippen MR) is 88.1 cm³/mol. The van der Waals surface area contributed by atoms with Crippen molar-refractivity contribution < 1.29 is 27.4 Å². The van der Waals surface area contributed by atoms with E-state index >= 15 is 0 Å². The second-order valence-electron chi connectivity index (χ2n) is 6.72. The number of benzene rings is 1. The zero-order chi connectivity index (χ0) is 18.5. The van der Waals surface area contributed by atoms with Crippen LogP contribution in [0.2, 0.25) is 0 Å². The number of rotatable bonds is 1. The van der Waals surface area contributed by atoms with Gasteiger partial charge in [0.2, 0.25) is 0 Å². The van der Waals surface area contributed by atoms with Gasteiger partial charge in [-0.05, 0) is 49.0 Å². The van der Waals surface area contributed by atoms with Crippen LogP contribution in [0.5, 0.6) is 5.75 Å². The number of nitrogens with two attached hydrogens (primary N) is 1. The lowest BCUT2D eigenvalue weighted by Crippen LogP contribution is -2.61. The first-order valence-electron chi connectivity index (χ1n) is 8.23. The SMILES string of the molecule is NN1C(=O)C2=C(Cc3ccc(OC(F)(F)F)cc3S2)CC12CCOCC2. The van der Waals surface area contributed by atoms with E-state index in [4.69, 9.17) is 10.6 Å². The van der Waals surface area contributed by atoms with Crippen LogP contribution >= 0.6 is 11.8 Å². The third kappa shape index (κ3) is 3.08. The summed E-state index contributed by atoms with van der Waals surface area (Å²) in [4.78, 5) is 13.9. The third-order valence-corrected chi connectivity index (χ3v) is 6.37. The molecule has 0 radical (unpaired) electrons. The molecule has 0 unspecified atom stereocenters. The van der Waals surface area contributed by atoms with E-state index in [9.17, 15) is 18.0 Å². The molecule has 0 aromatic heterocycles. The molecule has 0 atom stereocenters. The predicted octanol–water partition coefficient (Wildman–Crippen LogP) is 3.14.